The van der Waals surface area contributed by atoms with Crippen LogP contribution in [0, 0.1) is 11.8 Å². The molecule has 0 aliphatic carbocycles. The van der Waals surface area contributed by atoms with Gasteiger partial charge in [0.1, 0.15) is 0 Å². The van der Waals surface area contributed by atoms with Crippen molar-refractivity contribution in [3.8, 4) is 0 Å². The molecule has 114 valence electrons. The third kappa shape index (κ3) is 6.83. The van der Waals surface area contributed by atoms with Gasteiger partial charge in [-0.1, -0.05) is 0 Å². The smallest absolute Gasteiger partial charge is 0.481 e. The lowest BCUT2D eigenvalue weighted by Crippen LogP contribution is -2.33. The van der Waals surface area contributed by atoms with Crippen molar-refractivity contribution in [2.75, 3.05) is 0 Å². The lowest BCUT2D eigenvalue weighted by Gasteiger charge is -2.18. The Labute approximate surface area is 111 Å². The molecule has 0 amide bonds. The average molecular weight is 314 g/mol. The zero-order chi connectivity index (χ0) is 16.1. The van der Waals surface area contributed by atoms with Gasteiger partial charge in [0.2, 0.25) is 0 Å². The van der Waals surface area contributed by atoms with E-state index in [0.29, 0.717) is 0 Å². The molecule has 0 saturated carbocycles. The van der Waals surface area contributed by atoms with Crippen molar-refractivity contribution in [2.45, 2.75) is 12.8 Å². The number of carbonyl (C=O) groups excluding carboxylic acids is 1. The normalized spacial score (nSPS) is 14.1. The van der Waals surface area contributed by atoms with Crippen LogP contribution in [0.2, 0.25) is 0 Å². The van der Waals surface area contributed by atoms with Gasteiger partial charge in [-0.2, -0.15) is 0 Å². The van der Waals surface area contributed by atoms with Gasteiger partial charge in [-0.25, -0.2) is 4.57 Å². The first-order chi connectivity index (χ1) is 8.94. The van der Waals surface area contributed by atoms with Crippen LogP contribution >= 0.6 is 7.82 Å². The second kappa shape index (κ2) is 6.98. The lowest BCUT2D eigenvalue weighted by molar-refractivity contribution is -0.159. The molecule has 0 aliphatic rings. The molecule has 0 fully saturated rings. The van der Waals surface area contributed by atoms with Crippen LogP contribution in [0.3, 0.4) is 0 Å². The fourth-order valence-electron chi connectivity index (χ4n) is 1.34. The van der Waals surface area contributed by atoms with Crippen LogP contribution in [0.4, 0.5) is 0 Å². The van der Waals surface area contributed by atoms with E-state index in [1.807, 2.05) is 0 Å². The van der Waals surface area contributed by atoms with Gasteiger partial charge in [0.05, 0.1) is 24.7 Å². The van der Waals surface area contributed by atoms with Gasteiger partial charge in [0.25, 0.3) is 0 Å². The highest BCUT2D eigenvalue weighted by Gasteiger charge is 2.38. The molecule has 0 aromatic carbocycles. The maximum atomic E-state index is 11.1. The van der Waals surface area contributed by atoms with Gasteiger partial charge in [-0.3, -0.25) is 29.0 Å². The molecule has 0 aromatic rings. The number of hydrogen-bond donors (Lipinski definition) is 5. The molecule has 0 bridgehead atoms. The first-order valence-corrected chi connectivity index (χ1v) is 6.42. The Morgan fingerprint density at radius 3 is 1.60 bits per heavy atom. The Balaban J connectivity index is 5.07. The summed E-state index contributed by atoms with van der Waals surface area (Å²) in [5.41, 5.74) is 0. The summed E-state index contributed by atoms with van der Waals surface area (Å²) in [5.74, 6) is -10.8. The van der Waals surface area contributed by atoms with E-state index in [-0.39, 0.29) is 0 Å². The van der Waals surface area contributed by atoms with Crippen LogP contribution in [-0.2, 0) is 28.3 Å². The molecule has 0 spiro atoms. The molecule has 20 heavy (non-hydrogen) atoms. The summed E-state index contributed by atoms with van der Waals surface area (Å²) in [6.07, 6.45) is -2.26. The molecule has 0 heterocycles. The zero-order valence-electron chi connectivity index (χ0n) is 9.70. The first kappa shape index (κ1) is 18.0. The number of carboxylic acids is 3. The highest BCUT2D eigenvalue weighted by Crippen LogP contribution is 2.37. The van der Waals surface area contributed by atoms with Gasteiger partial charge >= 0.3 is 31.7 Å². The topological polar surface area (TPSA) is 196 Å². The number of carbonyl (C=O) groups is 4. The predicted molar refractivity (Wildman–Crippen MR) is 57.3 cm³/mol. The van der Waals surface area contributed by atoms with Crippen LogP contribution in [0.1, 0.15) is 12.8 Å². The van der Waals surface area contributed by atoms with E-state index >= 15 is 0 Å². The third-order valence-electron chi connectivity index (χ3n) is 2.12. The van der Waals surface area contributed by atoms with Gasteiger partial charge in [0, 0.05) is 0 Å². The fraction of sp³-hybridized carbons (Fsp3) is 0.500. The van der Waals surface area contributed by atoms with Crippen LogP contribution in [-0.4, -0.2) is 49.0 Å². The molecular weight excluding hydrogens is 303 g/mol. The number of rotatable bonds is 8. The lowest BCUT2D eigenvalue weighted by atomic mass is 9.87. The standard InChI is InChI=1S/C8H11O11P/c9-5(10)1-3(7(12)13)4(8(14)15)2-6(11)19-20(16,17)18/h3-4H,1-2H2,(H,9,10)(H,12,13)(H,14,15)(H2,16,17,18). The summed E-state index contributed by atoms with van der Waals surface area (Å²) in [7, 11) is -5.20. The highest BCUT2D eigenvalue weighted by atomic mass is 31.2. The van der Waals surface area contributed by atoms with Gasteiger partial charge in [0.15, 0.2) is 0 Å². The first-order valence-electron chi connectivity index (χ1n) is 4.89. The SMILES string of the molecule is O=C(O)CC(C(=O)O)C(CC(=O)OP(=O)(O)O)C(=O)O. The summed E-state index contributed by atoms with van der Waals surface area (Å²) in [5, 5.41) is 26.0. The molecule has 0 rings (SSSR count). The minimum absolute atomic E-state index is 1.07. The second-order valence-electron chi connectivity index (χ2n) is 3.65. The van der Waals surface area contributed by atoms with Crippen molar-refractivity contribution in [3.63, 3.8) is 0 Å². The van der Waals surface area contributed by atoms with Crippen LogP contribution < -0.4 is 0 Å². The summed E-state index contributed by atoms with van der Waals surface area (Å²) >= 11 is 0. The Morgan fingerprint density at radius 2 is 1.30 bits per heavy atom. The molecule has 0 aliphatic heterocycles. The zero-order valence-corrected chi connectivity index (χ0v) is 10.6. The van der Waals surface area contributed by atoms with Crippen LogP contribution in [0.15, 0.2) is 0 Å². The van der Waals surface area contributed by atoms with E-state index in [4.69, 9.17) is 25.1 Å². The maximum absolute atomic E-state index is 11.1. The third-order valence-corrected chi connectivity index (χ3v) is 2.56. The minimum Gasteiger partial charge on any atom is -0.481 e. The second-order valence-corrected chi connectivity index (χ2v) is 4.81. The fourth-order valence-corrected chi connectivity index (χ4v) is 1.68. The molecule has 2 atom stereocenters. The Hall–Kier alpha value is -1.97. The van der Waals surface area contributed by atoms with E-state index < -0.39 is 56.4 Å². The Morgan fingerprint density at radius 1 is 0.900 bits per heavy atom. The minimum atomic E-state index is -5.20. The van der Waals surface area contributed by atoms with Gasteiger partial charge in [-0.05, 0) is 0 Å². The molecule has 0 saturated heterocycles. The number of hydrogen-bond acceptors (Lipinski definition) is 6. The number of phosphoric acid groups is 1. The van der Waals surface area contributed by atoms with E-state index in [1.54, 1.807) is 0 Å². The van der Waals surface area contributed by atoms with Crippen molar-refractivity contribution in [3.05, 3.63) is 0 Å². The summed E-state index contributed by atoms with van der Waals surface area (Å²) in [6, 6.07) is 0. The van der Waals surface area contributed by atoms with E-state index in [9.17, 15) is 23.7 Å². The monoisotopic (exact) mass is 314 g/mol. The van der Waals surface area contributed by atoms with Crippen LogP contribution in [0.25, 0.3) is 0 Å². The van der Waals surface area contributed by atoms with E-state index in [0.717, 1.165) is 0 Å². The molecule has 11 nitrogen and oxygen atoms in total. The molecular formula is C8H11O11P. The van der Waals surface area contributed by atoms with Crippen LogP contribution in [0.5, 0.6) is 0 Å². The summed E-state index contributed by atoms with van der Waals surface area (Å²) < 4.78 is 13.9. The predicted octanol–water partition coefficient (Wildman–Crippen LogP) is -1.11. The van der Waals surface area contributed by atoms with Gasteiger partial charge < -0.3 is 19.8 Å². The van der Waals surface area contributed by atoms with Crippen molar-refractivity contribution >= 4 is 31.7 Å². The summed E-state index contributed by atoms with van der Waals surface area (Å²) in [4.78, 5) is 59.9. The quantitative estimate of drug-likeness (QED) is 0.340. The highest BCUT2D eigenvalue weighted by molar-refractivity contribution is 7.46. The molecule has 5 N–H and O–H groups in total. The molecule has 12 heteroatoms. The number of phosphoric ester groups is 1. The van der Waals surface area contributed by atoms with Gasteiger partial charge in [-0.15, -0.1) is 0 Å². The van der Waals surface area contributed by atoms with Crippen molar-refractivity contribution in [1.82, 2.24) is 0 Å². The largest absolute Gasteiger partial charge is 0.526 e. The average Bonchev–Trinajstić information content (AvgIpc) is 2.19. The van der Waals surface area contributed by atoms with Crippen molar-refractivity contribution in [2.24, 2.45) is 11.8 Å². The van der Waals surface area contributed by atoms with E-state index in [2.05, 4.69) is 4.52 Å². The molecule has 0 radical (unpaired) electrons. The number of carboxylic acid groups (broad SMARTS) is 3. The molecule has 2 unspecified atom stereocenters. The van der Waals surface area contributed by atoms with Crippen molar-refractivity contribution in [1.29, 1.82) is 0 Å². The molecule has 0 aromatic heterocycles. The number of aliphatic carboxylic acids is 3. The Bertz CT molecular complexity index is 463. The van der Waals surface area contributed by atoms with E-state index in [1.165, 1.54) is 0 Å². The maximum Gasteiger partial charge on any atom is 0.526 e. The Kier molecular flexibility index (Phi) is 6.30. The van der Waals surface area contributed by atoms with Crippen molar-refractivity contribution < 1.29 is 53.4 Å². The summed E-state index contributed by atoms with van der Waals surface area (Å²) in [6.45, 7) is 0.